The first-order chi connectivity index (χ1) is 12.4. The lowest BCUT2D eigenvalue weighted by Crippen LogP contribution is -2.37. The van der Waals surface area contributed by atoms with E-state index in [1.165, 1.54) is 12.1 Å². The molecule has 2 atom stereocenters. The molecule has 146 valence electrons. The minimum Gasteiger partial charge on any atom is -0.504 e. The fraction of sp³-hybridized carbons (Fsp3) is 0.263. The van der Waals surface area contributed by atoms with Gasteiger partial charge in [-0.2, -0.15) is 0 Å². The summed E-state index contributed by atoms with van der Waals surface area (Å²) in [4.78, 5) is 23.9. The maximum Gasteiger partial charge on any atom is 0.338 e. The molecule has 2 rings (SSSR count). The first-order valence-electron chi connectivity index (χ1n) is 8.06. The molecule has 0 aliphatic rings. The van der Waals surface area contributed by atoms with E-state index in [0.717, 1.165) is 0 Å². The molecule has 0 heterocycles. The first kappa shape index (κ1) is 22.3. The lowest BCUT2D eigenvalue weighted by atomic mass is 10.1. The molecule has 7 nitrogen and oxygen atoms in total. The van der Waals surface area contributed by atoms with Crippen LogP contribution in [-0.2, 0) is 20.7 Å². The van der Waals surface area contributed by atoms with Crippen LogP contribution < -0.4 is 5.73 Å². The third-order valence-electron chi connectivity index (χ3n) is 3.57. The van der Waals surface area contributed by atoms with E-state index in [0.29, 0.717) is 11.1 Å². The monoisotopic (exact) mass is 395 g/mol. The molecule has 27 heavy (non-hydrogen) atoms. The van der Waals surface area contributed by atoms with Gasteiger partial charge in [0.1, 0.15) is 18.8 Å². The molecule has 0 spiro atoms. The Morgan fingerprint density at radius 3 is 2.37 bits per heavy atom. The Balaban J connectivity index is 0.00000364. The molecule has 0 radical (unpaired) electrons. The summed E-state index contributed by atoms with van der Waals surface area (Å²) in [5.74, 6) is -1.69. The van der Waals surface area contributed by atoms with E-state index in [1.54, 1.807) is 43.3 Å². The lowest BCUT2D eigenvalue weighted by molar-refractivity contribution is -0.151. The molecule has 0 aliphatic carbocycles. The summed E-state index contributed by atoms with van der Waals surface area (Å²) < 4.78 is 10.3. The number of ether oxygens (including phenoxy) is 2. The molecule has 0 unspecified atom stereocenters. The van der Waals surface area contributed by atoms with E-state index in [9.17, 15) is 19.8 Å². The van der Waals surface area contributed by atoms with Crippen molar-refractivity contribution in [2.75, 3.05) is 6.61 Å². The summed E-state index contributed by atoms with van der Waals surface area (Å²) in [6.07, 6.45) is -0.530. The first-order valence-corrected chi connectivity index (χ1v) is 8.06. The summed E-state index contributed by atoms with van der Waals surface area (Å²) in [6.45, 7) is 1.50. The van der Waals surface area contributed by atoms with Gasteiger partial charge in [-0.25, -0.2) is 4.79 Å². The smallest absolute Gasteiger partial charge is 0.338 e. The summed E-state index contributed by atoms with van der Waals surface area (Å²) in [6, 6.07) is 11.7. The predicted molar refractivity (Wildman–Crippen MR) is 101 cm³/mol. The predicted octanol–water partition coefficient (Wildman–Crippen LogP) is 2.18. The highest BCUT2D eigenvalue weighted by molar-refractivity contribution is 5.89. The quantitative estimate of drug-likeness (QED) is 0.485. The van der Waals surface area contributed by atoms with Crippen molar-refractivity contribution >= 4 is 24.3 Å². The topological polar surface area (TPSA) is 119 Å². The molecule has 0 saturated heterocycles. The van der Waals surface area contributed by atoms with Crippen molar-refractivity contribution in [1.82, 2.24) is 0 Å². The Bertz CT molecular complexity index is 768. The zero-order valence-corrected chi connectivity index (χ0v) is 15.5. The van der Waals surface area contributed by atoms with Gasteiger partial charge in [0.15, 0.2) is 11.5 Å². The maximum absolute atomic E-state index is 12.0. The Morgan fingerprint density at radius 1 is 1.07 bits per heavy atom. The number of nitrogens with two attached hydrogens (primary N) is 1. The van der Waals surface area contributed by atoms with Gasteiger partial charge in [-0.15, -0.1) is 12.4 Å². The largest absolute Gasteiger partial charge is 0.504 e. The van der Waals surface area contributed by atoms with Gasteiger partial charge in [0, 0.05) is 0 Å². The second-order valence-electron chi connectivity index (χ2n) is 5.85. The van der Waals surface area contributed by atoms with Crippen LogP contribution >= 0.6 is 12.4 Å². The van der Waals surface area contributed by atoms with Crippen molar-refractivity contribution in [1.29, 1.82) is 0 Å². The van der Waals surface area contributed by atoms with Gasteiger partial charge in [0.25, 0.3) is 0 Å². The van der Waals surface area contributed by atoms with Gasteiger partial charge in [0.2, 0.25) is 0 Å². The molecule has 2 aromatic carbocycles. The number of halogens is 1. The number of hydrogen-bond donors (Lipinski definition) is 3. The molecule has 4 N–H and O–H groups in total. The van der Waals surface area contributed by atoms with Gasteiger partial charge < -0.3 is 25.4 Å². The van der Waals surface area contributed by atoms with Crippen LogP contribution in [0, 0.1) is 0 Å². The fourth-order valence-corrected chi connectivity index (χ4v) is 2.20. The third kappa shape index (κ3) is 6.80. The number of benzene rings is 2. The zero-order chi connectivity index (χ0) is 19.1. The molecular weight excluding hydrogens is 374 g/mol. The Kier molecular flexibility index (Phi) is 8.58. The average molecular weight is 396 g/mol. The van der Waals surface area contributed by atoms with Crippen molar-refractivity contribution in [3.05, 3.63) is 59.7 Å². The van der Waals surface area contributed by atoms with Crippen LogP contribution in [-0.4, -0.2) is 40.9 Å². The number of phenols is 2. The molecule has 0 fully saturated rings. The summed E-state index contributed by atoms with van der Waals surface area (Å²) in [5.41, 5.74) is 6.79. The van der Waals surface area contributed by atoms with Gasteiger partial charge in [-0.1, -0.05) is 24.3 Å². The summed E-state index contributed by atoms with van der Waals surface area (Å²) in [7, 11) is 0. The van der Waals surface area contributed by atoms with Crippen LogP contribution in [0.1, 0.15) is 22.8 Å². The van der Waals surface area contributed by atoms with Crippen molar-refractivity contribution < 1.29 is 29.3 Å². The highest BCUT2D eigenvalue weighted by Crippen LogP contribution is 2.25. The van der Waals surface area contributed by atoms with Crippen LogP contribution in [0.2, 0.25) is 0 Å². The van der Waals surface area contributed by atoms with E-state index in [2.05, 4.69) is 0 Å². The molecule has 2 aromatic rings. The number of phenolic OH excluding ortho intramolecular Hbond substituents is 2. The fourth-order valence-electron chi connectivity index (χ4n) is 2.20. The maximum atomic E-state index is 12.0. The highest BCUT2D eigenvalue weighted by atomic mass is 35.5. The number of carbonyl (C=O) groups excluding carboxylic acids is 2. The van der Waals surface area contributed by atoms with E-state index >= 15 is 0 Å². The normalized spacial score (nSPS) is 12.4. The number of carbonyl (C=O) groups is 2. The van der Waals surface area contributed by atoms with E-state index in [-0.39, 0.29) is 36.9 Å². The van der Waals surface area contributed by atoms with E-state index in [4.69, 9.17) is 15.2 Å². The van der Waals surface area contributed by atoms with E-state index in [1.807, 2.05) is 0 Å². The van der Waals surface area contributed by atoms with Crippen molar-refractivity contribution in [2.24, 2.45) is 5.73 Å². The van der Waals surface area contributed by atoms with Crippen LogP contribution in [0.4, 0.5) is 0 Å². The van der Waals surface area contributed by atoms with Crippen molar-refractivity contribution in [2.45, 2.75) is 25.5 Å². The lowest BCUT2D eigenvalue weighted by Gasteiger charge is -2.17. The molecule has 0 aromatic heterocycles. The Labute approximate surface area is 163 Å². The SMILES string of the molecule is C[C@@H](COC(=O)c1ccccc1)OC(=O)[C@@H](N)Cc1ccc(O)c(O)c1.Cl. The highest BCUT2D eigenvalue weighted by Gasteiger charge is 2.20. The molecule has 0 saturated carbocycles. The van der Waals surface area contributed by atoms with Crippen LogP contribution in [0.15, 0.2) is 48.5 Å². The average Bonchev–Trinajstić information content (AvgIpc) is 2.63. The van der Waals surface area contributed by atoms with Gasteiger partial charge in [-0.3, -0.25) is 4.79 Å². The molecule has 0 bridgehead atoms. The second kappa shape index (κ2) is 10.4. The zero-order valence-electron chi connectivity index (χ0n) is 14.7. The molecular formula is C19H22ClNO6. The number of aromatic hydroxyl groups is 2. The van der Waals surface area contributed by atoms with Gasteiger partial charge in [-0.05, 0) is 43.2 Å². The van der Waals surface area contributed by atoms with Crippen LogP contribution in [0.25, 0.3) is 0 Å². The third-order valence-corrected chi connectivity index (χ3v) is 3.57. The summed E-state index contributed by atoms with van der Waals surface area (Å²) >= 11 is 0. The number of hydrogen-bond acceptors (Lipinski definition) is 7. The standard InChI is InChI=1S/C19H21NO6.ClH/c1-12(11-25-18(23)14-5-3-2-4-6-14)26-19(24)15(20)9-13-7-8-16(21)17(22)10-13;/h2-8,10,12,15,21-22H,9,11,20H2,1H3;1H/t12-,15-;/m0./s1. The number of rotatable bonds is 7. The van der Waals surface area contributed by atoms with Crippen LogP contribution in [0.5, 0.6) is 11.5 Å². The van der Waals surface area contributed by atoms with Crippen molar-refractivity contribution in [3.8, 4) is 11.5 Å². The van der Waals surface area contributed by atoms with E-state index < -0.39 is 24.1 Å². The molecule has 0 amide bonds. The van der Waals surface area contributed by atoms with Crippen molar-refractivity contribution in [3.63, 3.8) is 0 Å². The molecule has 0 aliphatic heterocycles. The number of esters is 2. The summed E-state index contributed by atoms with van der Waals surface area (Å²) in [5, 5.41) is 18.7. The minimum atomic E-state index is -0.953. The Hall–Kier alpha value is -2.77. The van der Waals surface area contributed by atoms with Crippen LogP contribution in [0.3, 0.4) is 0 Å². The molecule has 8 heteroatoms. The second-order valence-corrected chi connectivity index (χ2v) is 5.85. The van der Waals surface area contributed by atoms with Gasteiger partial charge >= 0.3 is 11.9 Å². The van der Waals surface area contributed by atoms with Gasteiger partial charge in [0.05, 0.1) is 5.56 Å². The minimum absolute atomic E-state index is 0. The Morgan fingerprint density at radius 2 is 1.74 bits per heavy atom.